The molecule has 0 bridgehead atoms. The molecule has 3 rings (SSSR count). The highest BCUT2D eigenvalue weighted by atomic mass is 16.2. The fraction of sp³-hybridized carbons (Fsp3) is 0.667. The first-order valence-electron chi connectivity index (χ1n) is 7.67. The zero-order valence-electron chi connectivity index (χ0n) is 12.6. The Labute approximate surface area is 124 Å². The molecule has 0 aromatic carbocycles. The molecule has 0 spiro atoms. The minimum Gasteiger partial charge on any atom is -0.342 e. The zero-order chi connectivity index (χ0) is 15.0. The molecule has 21 heavy (non-hydrogen) atoms. The van der Waals surface area contributed by atoms with Crippen molar-refractivity contribution in [3.05, 3.63) is 11.3 Å². The lowest BCUT2D eigenvalue weighted by Crippen LogP contribution is -2.44. The van der Waals surface area contributed by atoms with Gasteiger partial charge in [-0.2, -0.15) is 5.10 Å². The summed E-state index contributed by atoms with van der Waals surface area (Å²) in [4.78, 5) is 26.4. The lowest BCUT2D eigenvalue weighted by molar-refractivity contribution is -0.135. The third-order valence-corrected chi connectivity index (χ3v) is 4.53. The molecule has 2 N–H and O–H groups in total. The Hall–Kier alpha value is -1.85. The molecule has 2 amide bonds. The predicted molar refractivity (Wildman–Crippen MR) is 78.7 cm³/mol. The summed E-state index contributed by atoms with van der Waals surface area (Å²) >= 11 is 0. The summed E-state index contributed by atoms with van der Waals surface area (Å²) in [7, 11) is 0. The van der Waals surface area contributed by atoms with Crippen LogP contribution < -0.4 is 5.32 Å². The van der Waals surface area contributed by atoms with Crippen molar-refractivity contribution in [3.8, 4) is 0 Å². The van der Waals surface area contributed by atoms with Gasteiger partial charge in [-0.25, -0.2) is 0 Å². The summed E-state index contributed by atoms with van der Waals surface area (Å²) in [6, 6.07) is 0. The Kier molecular flexibility index (Phi) is 3.69. The summed E-state index contributed by atoms with van der Waals surface area (Å²) < 4.78 is 0. The van der Waals surface area contributed by atoms with E-state index in [9.17, 15) is 9.59 Å². The summed E-state index contributed by atoms with van der Waals surface area (Å²) in [5.74, 6) is 0.904. The molecular formula is C15H22N4O2. The van der Waals surface area contributed by atoms with Gasteiger partial charge in [-0.3, -0.25) is 14.7 Å². The van der Waals surface area contributed by atoms with Crippen molar-refractivity contribution in [3.63, 3.8) is 0 Å². The van der Waals surface area contributed by atoms with E-state index >= 15 is 0 Å². The number of anilines is 1. The van der Waals surface area contributed by atoms with Gasteiger partial charge in [0.1, 0.15) is 0 Å². The van der Waals surface area contributed by atoms with Crippen LogP contribution in [0.5, 0.6) is 0 Å². The van der Waals surface area contributed by atoms with E-state index in [1.165, 1.54) is 0 Å². The lowest BCUT2D eigenvalue weighted by Gasteiger charge is -2.32. The number of piperidine rings is 1. The number of carbonyl (C=O) groups is 2. The van der Waals surface area contributed by atoms with E-state index < -0.39 is 0 Å². The predicted octanol–water partition coefficient (Wildman–Crippen LogP) is 1.61. The molecule has 114 valence electrons. The van der Waals surface area contributed by atoms with Crippen LogP contribution in [-0.2, 0) is 9.59 Å². The van der Waals surface area contributed by atoms with Crippen LogP contribution in [0.15, 0.2) is 0 Å². The third-order valence-electron chi connectivity index (χ3n) is 4.53. The smallest absolute Gasteiger partial charge is 0.230 e. The van der Waals surface area contributed by atoms with Crippen LogP contribution in [0.4, 0.5) is 5.82 Å². The highest BCUT2D eigenvalue weighted by molar-refractivity contribution is 5.93. The van der Waals surface area contributed by atoms with Crippen molar-refractivity contribution in [1.29, 1.82) is 0 Å². The average Bonchev–Trinajstić information content (AvgIpc) is 3.29. The lowest BCUT2D eigenvalue weighted by atomic mass is 9.96. The maximum Gasteiger partial charge on any atom is 0.230 e. The summed E-state index contributed by atoms with van der Waals surface area (Å²) in [6.45, 7) is 5.19. The minimum atomic E-state index is -0.127. The van der Waals surface area contributed by atoms with Crippen molar-refractivity contribution in [2.75, 3.05) is 18.4 Å². The van der Waals surface area contributed by atoms with E-state index in [0.717, 1.165) is 43.5 Å². The van der Waals surface area contributed by atoms with E-state index in [0.29, 0.717) is 12.4 Å². The number of likely N-dealkylation sites (tertiary alicyclic amines) is 1. The summed E-state index contributed by atoms with van der Waals surface area (Å²) in [5, 5.41) is 9.86. The Morgan fingerprint density at radius 2 is 2.00 bits per heavy atom. The van der Waals surface area contributed by atoms with Gasteiger partial charge in [0.25, 0.3) is 0 Å². The highest BCUT2D eigenvalue weighted by Gasteiger charge is 2.36. The molecule has 0 radical (unpaired) electrons. The van der Waals surface area contributed by atoms with Gasteiger partial charge in [-0.15, -0.1) is 0 Å². The molecule has 1 aromatic rings. The Balaban J connectivity index is 1.61. The van der Waals surface area contributed by atoms with Crippen molar-refractivity contribution in [2.45, 2.75) is 39.5 Å². The fourth-order valence-corrected chi connectivity index (χ4v) is 2.81. The van der Waals surface area contributed by atoms with Crippen LogP contribution in [0.2, 0.25) is 0 Å². The number of amides is 2. The Morgan fingerprint density at radius 1 is 1.24 bits per heavy atom. The third kappa shape index (κ3) is 2.94. The van der Waals surface area contributed by atoms with E-state index in [1.54, 1.807) is 0 Å². The fourth-order valence-electron chi connectivity index (χ4n) is 2.81. The molecule has 2 fully saturated rings. The van der Waals surface area contributed by atoms with Crippen LogP contribution in [-0.4, -0.2) is 40.0 Å². The van der Waals surface area contributed by atoms with Crippen LogP contribution in [0, 0.1) is 25.7 Å². The van der Waals surface area contributed by atoms with Gasteiger partial charge < -0.3 is 10.2 Å². The maximum absolute atomic E-state index is 12.4. The molecule has 1 saturated carbocycles. The minimum absolute atomic E-state index is 0.0297. The van der Waals surface area contributed by atoms with Crippen molar-refractivity contribution >= 4 is 17.6 Å². The standard InChI is InChI=1S/C15H22N4O2/c1-9-10(2)17-18-13(9)16-14(20)12-4-3-7-19(8-12)15(21)11-5-6-11/h11-12H,3-8H2,1-2H3,(H2,16,17,18,20). The van der Waals surface area contributed by atoms with Crippen LogP contribution in [0.3, 0.4) is 0 Å². The van der Waals surface area contributed by atoms with Crippen molar-refractivity contribution in [1.82, 2.24) is 15.1 Å². The SMILES string of the molecule is Cc1[nH]nc(NC(=O)C2CCCN(C(=O)C3CC3)C2)c1C. The second-order valence-corrected chi connectivity index (χ2v) is 6.21. The zero-order valence-corrected chi connectivity index (χ0v) is 12.6. The monoisotopic (exact) mass is 290 g/mol. The number of hydrogen-bond donors (Lipinski definition) is 2. The normalized spacial score (nSPS) is 22.2. The van der Waals surface area contributed by atoms with E-state index in [-0.39, 0.29) is 23.7 Å². The van der Waals surface area contributed by atoms with Gasteiger partial charge >= 0.3 is 0 Å². The molecule has 2 heterocycles. The van der Waals surface area contributed by atoms with Crippen LogP contribution in [0.25, 0.3) is 0 Å². The van der Waals surface area contributed by atoms with Gasteiger partial charge in [0.05, 0.1) is 5.92 Å². The Bertz CT molecular complexity index is 562. The number of aryl methyl sites for hydroxylation is 1. The molecule has 2 aliphatic rings. The number of H-pyrrole nitrogens is 1. The second kappa shape index (κ2) is 5.50. The van der Waals surface area contributed by atoms with Crippen molar-refractivity contribution in [2.24, 2.45) is 11.8 Å². The summed E-state index contributed by atoms with van der Waals surface area (Å²) in [5.41, 5.74) is 1.92. The van der Waals surface area contributed by atoms with Gasteiger partial charge in [-0.1, -0.05) is 0 Å². The average molecular weight is 290 g/mol. The number of nitrogens with one attached hydrogen (secondary N) is 2. The van der Waals surface area contributed by atoms with Crippen molar-refractivity contribution < 1.29 is 9.59 Å². The Morgan fingerprint density at radius 3 is 2.62 bits per heavy atom. The van der Waals surface area contributed by atoms with E-state index in [2.05, 4.69) is 15.5 Å². The molecule has 6 heteroatoms. The molecule has 1 aliphatic heterocycles. The second-order valence-electron chi connectivity index (χ2n) is 6.21. The van der Waals surface area contributed by atoms with E-state index in [4.69, 9.17) is 0 Å². The molecular weight excluding hydrogens is 268 g/mol. The maximum atomic E-state index is 12.4. The first kappa shape index (κ1) is 14.1. The topological polar surface area (TPSA) is 78.1 Å². The van der Waals surface area contributed by atoms with E-state index in [1.807, 2.05) is 18.7 Å². The largest absolute Gasteiger partial charge is 0.342 e. The first-order valence-corrected chi connectivity index (χ1v) is 7.67. The van der Waals surface area contributed by atoms with Crippen LogP contribution in [0.1, 0.15) is 36.9 Å². The van der Waals surface area contributed by atoms with Gasteiger partial charge in [-0.05, 0) is 39.5 Å². The highest BCUT2D eigenvalue weighted by Crippen LogP contribution is 2.32. The van der Waals surface area contributed by atoms with Gasteiger partial charge in [0.15, 0.2) is 5.82 Å². The number of carbonyl (C=O) groups excluding carboxylic acids is 2. The first-order chi connectivity index (χ1) is 10.1. The number of aromatic amines is 1. The quantitative estimate of drug-likeness (QED) is 0.888. The summed E-state index contributed by atoms with van der Waals surface area (Å²) in [6.07, 6.45) is 3.76. The molecule has 6 nitrogen and oxygen atoms in total. The molecule has 1 unspecified atom stereocenters. The molecule has 1 atom stereocenters. The molecule has 1 saturated heterocycles. The van der Waals surface area contributed by atoms with Gasteiger partial charge in [0.2, 0.25) is 11.8 Å². The molecule has 1 aliphatic carbocycles. The number of aromatic nitrogens is 2. The molecule has 1 aromatic heterocycles. The number of hydrogen-bond acceptors (Lipinski definition) is 3. The number of rotatable bonds is 3. The number of nitrogens with zero attached hydrogens (tertiary/aromatic N) is 2. The van der Waals surface area contributed by atoms with Gasteiger partial charge in [0, 0.05) is 30.3 Å². The van der Waals surface area contributed by atoms with Crippen LogP contribution >= 0.6 is 0 Å².